The van der Waals surface area contributed by atoms with Gasteiger partial charge in [-0.05, 0) is 29.5 Å². The molecule has 0 bridgehead atoms. The molecule has 0 aliphatic heterocycles. The number of rotatable bonds is 8. The first-order chi connectivity index (χ1) is 11.9. The summed E-state index contributed by atoms with van der Waals surface area (Å²) in [6.07, 6.45) is 5.60. The van der Waals surface area contributed by atoms with Crippen LogP contribution in [0.25, 0.3) is 11.3 Å². The van der Waals surface area contributed by atoms with E-state index in [0.29, 0.717) is 0 Å². The molecule has 3 rings (SSSR count). The molecule has 0 aliphatic carbocycles. The van der Waals surface area contributed by atoms with Crippen LogP contribution in [0.4, 0.5) is 0 Å². The minimum Gasteiger partial charge on any atom is -0.308 e. The third-order valence-corrected chi connectivity index (χ3v) is 4.27. The summed E-state index contributed by atoms with van der Waals surface area (Å²) in [5.74, 6) is 0. The summed E-state index contributed by atoms with van der Waals surface area (Å²) in [5.41, 5.74) is 6.22. The molecule has 0 amide bonds. The molecule has 0 radical (unpaired) electrons. The molecular weight excluding hydrogens is 294 g/mol. The van der Waals surface area contributed by atoms with E-state index < -0.39 is 0 Å². The average molecular weight is 319 g/mol. The van der Waals surface area contributed by atoms with E-state index in [-0.39, 0.29) is 0 Å². The van der Waals surface area contributed by atoms with Crippen molar-refractivity contribution in [1.82, 2.24) is 15.5 Å². The number of H-pyrrole nitrogens is 1. The monoisotopic (exact) mass is 319 g/mol. The second-order valence-electron chi connectivity index (χ2n) is 6.16. The molecule has 0 spiro atoms. The van der Waals surface area contributed by atoms with Crippen LogP contribution >= 0.6 is 0 Å². The van der Waals surface area contributed by atoms with Crippen molar-refractivity contribution in [2.45, 2.75) is 39.3 Å². The fourth-order valence-corrected chi connectivity index (χ4v) is 2.85. The second-order valence-corrected chi connectivity index (χ2v) is 6.16. The molecule has 24 heavy (non-hydrogen) atoms. The number of aromatic nitrogens is 2. The average Bonchev–Trinajstić information content (AvgIpc) is 3.10. The fraction of sp³-hybridized carbons (Fsp3) is 0.286. The van der Waals surface area contributed by atoms with E-state index in [0.717, 1.165) is 18.8 Å². The van der Waals surface area contributed by atoms with Crippen LogP contribution in [0, 0.1) is 0 Å². The van der Waals surface area contributed by atoms with Crippen LogP contribution in [-0.2, 0) is 19.5 Å². The lowest BCUT2D eigenvalue weighted by Crippen LogP contribution is -2.12. The maximum Gasteiger partial charge on any atom is 0.0695 e. The molecule has 0 unspecified atom stereocenters. The molecule has 0 saturated heterocycles. The lowest BCUT2D eigenvalue weighted by atomic mass is 10.1. The van der Waals surface area contributed by atoms with Crippen molar-refractivity contribution in [1.29, 1.82) is 0 Å². The van der Waals surface area contributed by atoms with Crippen molar-refractivity contribution in [2.24, 2.45) is 0 Å². The topological polar surface area (TPSA) is 40.7 Å². The van der Waals surface area contributed by atoms with E-state index in [1.54, 1.807) is 0 Å². The van der Waals surface area contributed by atoms with E-state index >= 15 is 0 Å². The van der Waals surface area contributed by atoms with Crippen LogP contribution in [0.1, 0.15) is 36.5 Å². The summed E-state index contributed by atoms with van der Waals surface area (Å²) in [6.45, 7) is 3.91. The van der Waals surface area contributed by atoms with Crippen molar-refractivity contribution in [3.05, 3.63) is 77.5 Å². The van der Waals surface area contributed by atoms with Gasteiger partial charge in [-0.3, -0.25) is 5.10 Å². The van der Waals surface area contributed by atoms with Crippen LogP contribution in [0.15, 0.2) is 60.8 Å². The summed E-state index contributed by atoms with van der Waals surface area (Å²) >= 11 is 0. The Bertz CT molecular complexity index is 729. The van der Waals surface area contributed by atoms with E-state index in [4.69, 9.17) is 0 Å². The van der Waals surface area contributed by atoms with Crippen LogP contribution in [0.5, 0.6) is 0 Å². The highest BCUT2D eigenvalue weighted by molar-refractivity contribution is 5.62. The van der Waals surface area contributed by atoms with Crippen LogP contribution < -0.4 is 5.32 Å². The molecule has 124 valence electrons. The number of nitrogens with zero attached hydrogens (tertiary/aromatic N) is 1. The van der Waals surface area contributed by atoms with Gasteiger partial charge in [0.05, 0.1) is 11.9 Å². The highest BCUT2D eigenvalue weighted by Gasteiger charge is 2.06. The first-order valence-electron chi connectivity index (χ1n) is 8.73. The van der Waals surface area contributed by atoms with Crippen molar-refractivity contribution in [3.63, 3.8) is 0 Å². The highest BCUT2D eigenvalue weighted by atomic mass is 15.1. The zero-order chi connectivity index (χ0) is 16.6. The molecular formula is C21H25N3. The summed E-state index contributed by atoms with van der Waals surface area (Å²) in [7, 11) is 0. The minimum atomic E-state index is 0.804. The van der Waals surface area contributed by atoms with E-state index in [9.17, 15) is 0 Å². The zero-order valence-electron chi connectivity index (χ0n) is 14.3. The van der Waals surface area contributed by atoms with E-state index in [1.807, 2.05) is 24.4 Å². The van der Waals surface area contributed by atoms with Crippen molar-refractivity contribution >= 4 is 0 Å². The number of nitrogens with one attached hydrogen (secondary N) is 2. The van der Waals surface area contributed by atoms with Gasteiger partial charge in [0.2, 0.25) is 0 Å². The lowest BCUT2D eigenvalue weighted by molar-refractivity contribution is 0.694. The first-order valence-corrected chi connectivity index (χ1v) is 8.73. The molecule has 3 heteroatoms. The van der Waals surface area contributed by atoms with Gasteiger partial charge in [-0.1, -0.05) is 67.9 Å². The molecule has 0 aliphatic rings. The fourth-order valence-electron chi connectivity index (χ4n) is 2.85. The van der Waals surface area contributed by atoms with Gasteiger partial charge >= 0.3 is 0 Å². The van der Waals surface area contributed by atoms with E-state index in [1.165, 1.54) is 41.5 Å². The summed E-state index contributed by atoms with van der Waals surface area (Å²) in [4.78, 5) is 0. The molecule has 2 N–H and O–H groups in total. The standard InChI is InChI=1S/C21H25N3/c1-2-3-7-17-10-12-18(13-11-17)14-22-15-20-16-23-24-21(20)19-8-5-4-6-9-19/h4-6,8-13,16,22H,2-3,7,14-15H2,1H3,(H,23,24). The third-order valence-electron chi connectivity index (χ3n) is 4.27. The molecule has 0 saturated carbocycles. The number of hydrogen-bond donors (Lipinski definition) is 2. The summed E-state index contributed by atoms with van der Waals surface area (Å²) < 4.78 is 0. The van der Waals surface area contributed by atoms with Crippen molar-refractivity contribution in [3.8, 4) is 11.3 Å². The van der Waals surface area contributed by atoms with Gasteiger partial charge in [-0.25, -0.2) is 0 Å². The Kier molecular flexibility index (Phi) is 5.80. The van der Waals surface area contributed by atoms with Crippen LogP contribution in [0.2, 0.25) is 0 Å². The summed E-state index contributed by atoms with van der Waals surface area (Å²) in [5, 5.41) is 10.8. The van der Waals surface area contributed by atoms with Gasteiger partial charge in [0.25, 0.3) is 0 Å². The lowest BCUT2D eigenvalue weighted by Gasteiger charge is -2.07. The zero-order valence-corrected chi connectivity index (χ0v) is 14.3. The Labute approximate surface area is 144 Å². The van der Waals surface area contributed by atoms with E-state index in [2.05, 4.69) is 58.8 Å². The maximum atomic E-state index is 4.20. The maximum absolute atomic E-state index is 4.20. The van der Waals surface area contributed by atoms with Gasteiger partial charge in [-0.2, -0.15) is 5.10 Å². The largest absolute Gasteiger partial charge is 0.308 e. The van der Waals surface area contributed by atoms with Gasteiger partial charge in [0, 0.05) is 18.7 Å². The Hall–Kier alpha value is -2.39. The normalized spacial score (nSPS) is 10.9. The molecule has 0 atom stereocenters. The third kappa shape index (κ3) is 4.33. The van der Waals surface area contributed by atoms with Crippen molar-refractivity contribution < 1.29 is 0 Å². The van der Waals surface area contributed by atoms with Crippen molar-refractivity contribution in [2.75, 3.05) is 0 Å². The van der Waals surface area contributed by atoms with Gasteiger partial charge < -0.3 is 5.32 Å². The predicted octanol–water partition coefficient (Wildman–Crippen LogP) is 4.71. The molecule has 2 aromatic carbocycles. The summed E-state index contributed by atoms with van der Waals surface area (Å²) in [6, 6.07) is 19.3. The van der Waals surface area contributed by atoms with Crippen LogP contribution in [0.3, 0.4) is 0 Å². The smallest absolute Gasteiger partial charge is 0.0695 e. The van der Waals surface area contributed by atoms with Crippen LogP contribution in [-0.4, -0.2) is 10.2 Å². The van der Waals surface area contributed by atoms with Gasteiger partial charge in [-0.15, -0.1) is 0 Å². The first kappa shape index (κ1) is 16.5. The molecule has 1 aromatic heterocycles. The molecule has 3 nitrogen and oxygen atoms in total. The van der Waals surface area contributed by atoms with Gasteiger partial charge in [0.15, 0.2) is 0 Å². The number of benzene rings is 2. The number of aromatic amines is 1. The van der Waals surface area contributed by atoms with Gasteiger partial charge in [0.1, 0.15) is 0 Å². The molecule has 0 fully saturated rings. The number of aryl methyl sites for hydroxylation is 1. The second kappa shape index (κ2) is 8.46. The Morgan fingerprint density at radius 3 is 2.42 bits per heavy atom. The highest BCUT2D eigenvalue weighted by Crippen LogP contribution is 2.20. The minimum absolute atomic E-state index is 0.804. The Balaban J connectivity index is 1.55. The molecule has 3 aromatic rings. The number of unbranched alkanes of at least 4 members (excludes halogenated alkanes) is 1. The Morgan fingerprint density at radius 2 is 1.67 bits per heavy atom. The molecule has 1 heterocycles. The quantitative estimate of drug-likeness (QED) is 0.631. The Morgan fingerprint density at radius 1 is 0.917 bits per heavy atom. The predicted molar refractivity (Wildman–Crippen MR) is 99.6 cm³/mol. The number of hydrogen-bond acceptors (Lipinski definition) is 2. The SMILES string of the molecule is CCCCc1ccc(CNCc2cn[nH]c2-c2ccccc2)cc1.